The van der Waals surface area contributed by atoms with Crippen LogP contribution >= 0.6 is 0 Å². The van der Waals surface area contributed by atoms with Crippen molar-refractivity contribution in [2.24, 2.45) is 5.92 Å². The van der Waals surface area contributed by atoms with E-state index in [-0.39, 0.29) is 5.92 Å². The number of aliphatic hydroxyl groups is 1. The summed E-state index contributed by atoms with van der Waals surface area (Å²) in [5.74, 6) is 0.258. The average molecular weight is 219 g/mol. The smallest absolute Gasteiger partial charge is 0.0948 e. The van der Waals surface area contributed by atoms with E-state index in [9.17, 15) is 5.11 Å². The lowest BCUT2D eigenvalue weighted by Gasteiger charge is -2.46. The Morgan fingerprint density at radius 3 is 2.50 bits per heavy atom. The second-order valence-corrected chi connectivity index (χ2v) is 5.05. The standard InChI is InChI=1S/C14H21NO/c1-11-12(2)15(3)10-9-14(11,16)13-7-5-4-6-8-13/h4-8,11-12,16H,9-10H2,1-3H3/t11-,12-,14+/m0/s1. The van der Waals surface area contributed by atoms with Crippen molar-refractivity contribution in [3.05, 3.63) is 35.9 Å². The van der Waals surface area contributed by atoms with Crippen LogP contribution in [0.1, 0.15) is 25.8 Å². The quantitative estimate of drug-likeness (QED) is 0.783. The van der Waals surface area contributed by atoms with Gasteiger partial charge in [0.05, 0.1) is 5.60 Å². The van der Waals surface area contributed by atoms with E-state index in [0.717, 1.165) is 18.5 Å². The lowest BCUT2D eigenvalue weighted by atomic mass is 9.73. The molecule has 88 valence electrons. The van der Waals surface area contributed by atoms with Gasteiger partial charge in [-0.3, -0.25) is 0 Å². The van der Waals surface area contributed by atoms with Crippen molar-refractivity contribution in [3.8, 4) is 0 Å². The van der Waals surface area contributed by atoms with E-state index in [0.29, 0.717) is 6.04 Å². The number of hydrogen-bond acceptors (Lipinski definition) is 2. The van der Waals surface area contributed by atoms with Crippen LogP contribution in [-0.4, -0.2) is 29.6 Å². The Labute approximate surface area is 97.9 Å². The van der Waals surface area contributed by atoms with E-state index < -0.39 is 5.60 Å². The fourth-order valence-corrected chi connectivity index (χ4v) is 2.69. The first-order valence-electron chi connectivity index (χ1n) is 6.04. The molecule has 1 saturated heterocycles. The van der Waals surface area contributed by atoms with Gasteiger partial charge in [-0.05, 0) is 26.0 Å². The van der Waals surface area contributed by atoms with Crippen molar-refractivity contribution in [1.29, 1.82) is 0 Å². The first kappa shape index (κ1) is 11.6. The zero-order chi connectivity index (χ0) is 11.8. The highest BCUT2D eigenvalue weighted by Gasteiger charge is 2.43. The molecular formula is C14H21NO. The Morgan fingerprint density at radius 1 is 1.25 bits per heavy atom. The fraction of sp³-hybridized carbons (Fsp3) is 0.571. The fourth-order valence-electron chi connectivity index (χ4n) is 2.69. The number of likely N-dealkylation sites (tertiary alicyclic amines) is 1. The third-order valence-electron chi connectivity index (χ3n) is 4.29. The molecule has 16 heavy (non-hydrogen) atoms. The van der Waals surface area contributed by atoms with E-state index in [2.05, 4.69) is 25.8 Å². The molecule has 0 bridgehead atoms. The SMILES string of the molecule is C[C@H]1[C@H](C)[C@@](O)(c2ccccc2)CCN1C. The monoisotopic (exact) mass is 219 g/mol. The molecule has 1 N–H and O–H groups in total. The van der Waals surface area contributed by atoms with Gasteiger partial charge >= 0.3 is 0 Å². The molecule has 2 rings (SSSR count). The van der Waals surface area contributed by atoms with Gasteiger partial charge in [-0.25, -0.2) is 0 Å². The minimum atomic E-state index is -0.660. The Kier molecular flexibility index (Phi) is 3.04. The second kappa shape index (κ2) is 4.19. The van der Waals surface area contributed by atoms with Gasteiger partial charge in [0.25, 0.3) is 0 Å². The first-order valence-corrected chi connectivity index (χ1v) is 6.04. The van der Waals surface area contributed by atoms with Crippen LogP contribution in [0.2, 0.25) is 0 Å². The third-order valence-corrected chi connectivity index (χ3v) is 4.29. The lowest BCUT2D eigenvalue weighted by Crippen LogP contribution is -2.52. The molecule has 0 saturated carbocycles. The molecule has 0 spiro atoms. The summed E-state index contributed by atoms with van der Waals surface area (Å²) >= 11 is 0. The van der Waals surface area contributed by atoms with E-state index in [1.807, 2.05) is 30.3 Å². The summed E-state index contributed by atoms with van der Waals surface area (Å²) in [5, 5.41) is 10.9. The van der Waals surface area contributed by atoms with Crippen LogP contribution < -0.4 is 0 Å². The summed E-state index contributed by atoms with van der Waals surface area (Å²) < 4.78 is 0. The van der Waals surface area contributed by atoms with E-state index in [1.165, 1.54) is 0 Å². The zero-order valence-corrected chi connectivity index (χ0v) is 10.4. The average Bonchev–Trinajstić information content (AvgIpc) is 2.33. The molecule has 2 nitrogen and oxygen atoms in total. The van der Waals surface area contributed by atoms with Gasteiger partial charge in [0.2, 0.25) is 0 Å². The Balaban J connectivity index is 2.32. The summed E-state index contributed by atoms with van der Waals surface area (Å²) in [6.07, 6.45) is 0.818. The predicted molar refractivity (Wildman–Crippen MR) is 66.2 cm³/mol. The first-order chi connectivity index (χ1) is 7.55. The lowest BCUT2D eigenvalue weighted by molar-refractivity contribution is -0.0894. The minimum Gasteiger partial charge on any atom is -0.385 e. The van der Waals surface area contributed by atoms with Crippen LogP contribution in [0.15, 0.2) is 30.3 Å². The van der Waals surface area contributed by atoms with Crippen LogP contribution in [0, 0.1) is 5.92 Å². The molecule has 1 aliphatic heterocycles. The van der Waals surface area contributed by atoms with Crippen molar-refractivity contribution >= 4 is 0 Å². The molecule has 1 aromatic carbocycles. The number of rotatable bonds is 1. The normalized spacial score (nSPS) is 36.2. The summed E-state index contributed by atoms with van der Waals surface area (Å²) in [4.78, 5) is 2.32. The van der Waals surface area contributed by atoms with Gasteiger partial charge in [-0.15, -0.1) is 0 Å². The second-order valence-electron chi connectivity index (χ2n) is 5.05. The van der Waals surface area contributed by atoms with Gasteiger partial charge in [-0.2, -0.15) is 0 Å². The van der Waals surface area contributed by atoms with Crippen molar-refractivity contribution < 1.29 is 5.11 Å². The highest BCUT2D eigenvalue weighted by molar-refractivity contribution is 5.24. The predicted octanol–water partition coefficient (Wildman–Crippen LogP) is 2.23. The molecule has 1 heterocycles. The molecule has 0 unspecified atom stereocenters. The Morgan fingerprint density at radius 2 is 1.88 bits per heavy atom. The molecule has 2 heteroatoms. The highest BCUT2D eigenvalue weighted by Crippen LogP contribution is 2.39. The van der Waals surface area contributed by atoms with E-state index in [1.54, 1.807) is 0 Å². The van der Waals surface area contributed by atoms with Crippen LogP contribution in [0.25, 0.3) is 0 Å². The number of piperidine rings is 1. The van der Waals surface area contributed by atoms with E-state index in [4.69, 9.17) is 0 Å². The third kappa shape index (κ3) is 1.76. The Bertz CT molecular complexity index is 351. The van der Waals surface area contributed by atoms with Crippen LogP contribution in [-0.2, 0) is 5.60 Å². The van der Waals surface area contributed by atoms with E-state index >= 15 is 0 Å². The maximum absolute atomic E-state index is 10.9. The molecule has 0 radical (unpaired) electrons. The summed E-state index contributed by atoms with van der Waals surface area (Å²) in [6, 6.07) is 10.5. The Hall–Kier alpha value is -0.860. The largest absolute Gasteiger partial charge is 0.385 e. The summed E-state index contributed by atoms with van der Waals surface area (Å²) in [6.45, 7) is 5.29. The number of benzene rings is 1. The molecule has 1 fully saturated rings. The topological polar surface area (TPSA) is 23.5 Å². The van der Waals surface area contributed by atoms with Gasteiger partial charge in [-0.1, -0.05) is 37.3 Å². The number of nitrogens with zero attached hydrogens (tertiary/aromatic N) is 1. The van der Waals surface area contributed by atoms with Crippen molar-refractivity contribution in [2.75, 3.05) is 13.6 Å². The minimum absolute atomic E-state index is 0.258. The van der Waals surface area contributed by atoms with Gasteiger partial charge < -0.3 is 10.0 Å². The zero-order valence-electron chi connectivity index (χ0n) is 10.4. The van der Waals surface area contributed by atoms with Crippen molar-refractivity contribution in [1.82, 2.24) is 4.90 Å². The maximum atomic E-state index is 10.9. The molecular weight excluding hydrogens is 198 g/mol. The highest BCUT2D eigenvalue weighted by atomic mass is 16.3. The van der Waals surface area contributed by atoms with Gasteiger partial charge in [0, 0.05) is 18.5 Å². The number of hydrogen-bond donors (Lipinski definition) is 1. The molecule has 3 atom stereocenters. The van der Waals surface area contributed by atoms with Crippen LogP contribution in [0.3, 0.4) is 0 Å². The van der Waals surface area contributed by atoms with Gasteiger partial charge in [0.1, 0.15) is 0 Å². The molecule has 0 amide bonds. The molecule has 1 aromatic rings. The molecule has 0 aliphatic carbocycles. The maximum Gasteiger partial charge on any atom is 0.0948 e. The van der Waals surface area contributed by atoms with Crippen LogP contribution in [0.5, 0.6) is 0 Å². The molecule has 0 aromatic heterocycles. The summed E-state index contributed by atoms with van der Waals surface area (Å²) in [7, 11) is 2.13. The van der Waals surface area contributed by atoms with Crippen molar-refractivity contribution in [3.63, 3.8) is 0 Å². The van der Waals surface area contributed by atoms with Crippen LogP contribution in [0.4, 0.5) is 0 Å². The van der Waals surface area contributed by atoms with Gasteiger partial charge in [0.15, 0.2) is 0 Å². The summed E-state index contributed by atoms with van der Waals surface area (Å²) in [5.41, 5.74) is 0.398. The molecule has 1 aliphatic rings. The van der Waals surface area contributed by atoms with Crippen molar-refractivity contribution in [2.45, 2.75) is 31.9 Å².